The molecule has 20 heavy (non-hydrogen) atoms. The molecule has 0 aliphatic carbocycles. The number of hydrogen-bond acceptors (Lipinski definition) is 3. The van der Waals surface area contributed by atoms with Crippen molar-refractivity contribution in [3.8, 4) is 11.5 Å². The minimum absolute atomic E-state index is 0.782. The maximum atomic E-state index is 5.96. The second kappa shape index (κ2) is 6.71. The Morgan fingerprint density at radius 3 is 2.65 bits per heavy atom. The molecule has 2 aromatic carbocycles. The molecule has 0 radical (unpaired) electrons. The van der Waals surface area contributed by atoms with Gasteiger partial charge in [0.25, 0.3) is 0 Å². The van der Waals surface area contributed by atoms with Gasteiger partial charge in [-0.1, -0.05) is 30.3 Å². The van der Waals surface area contributed by atoms with Crippen LogP contribution in [0.4, 0.5) is 5.69 Å². The van der Waals surface area contributed by atoms with E-state index in [2.05, 4.69) is 23.1 Å². The van der Waals surface area contributed by atoms with Gasteiger partial charge in [-0.3, -0.25) is 0 Å². The number of hydrogen-bond donors (Lipinski definition) is 1. The summed E-state index contributed by atoms with van der Waals surface area (Å²) in [6, 6.07) is 18.1. The summed E-state index contributed by atoms with van der Waals surface area (Å²) in [5.74, 6) is 5.12. The number of anilines is 1. The third kappa shape index (κ3) is 3.48. The molecular weight excluding hydrogens is 266 g/mol. The molecule has 0 bridgehead atoms. The summed E-state index contributed by atoms with van der Waals surface area (Å²) < 4.78 is 5.96. The fourth-order valence-corrected chi connectivity index (χ4v) is 3.60. The molecule has 1 N–H and O–H groups in total. The van der Waals surface area contributed by atoms with Crippen molar-refractivity contribution in [3.63, 3.8) is 0 Å². The molecule has 0 aromatic heterocycles. The Kier molecular flexibility index (Phi) is 4.49. The van der Waals surface area contributed by atoms with Crippen LogP contribution in [0.15, 0.2) is 54.6 Å². The predicted molar refractivity (Wildman–Crippen MR) is 86.9 cm³/mol. The Morgan fingerprint density at radius 1 is 1.05 bits per heavy atom. The van der Waals surface area contributed by atoms with E-state index >= 15 is 0 Å². The quantitative estimate of drug-likeness (QED) is 0.864. The van der Waals surface area contributed by atoms with Crippen LogP contribution in [0.3, 0.4) is 0 Å². The molecule has 104 valence electrons. The first-order valence-electron chi connectivity index (χ1n) is 7.05. The Hall–Kier alpha value is -1.61. The smallest absolute Gasteiger partial charge is 0.150 e. The van der Waals surface area contributed by atoms with E-state index in [1.54, 1.807) is 0 Å². The summed E-state index contributed by atoms with van der Waals surface area (Å²) in [7, 11) is 0. The largest absolute Gasteiger partial charge is 0.455 e. The van der Waals surface area contributed by atoms with E-state index in [1.807, 2.05) is 48.5 Å². The summed E-state index contributed by atoms with van der Waals surface area (Å²) in [5, 5.41) is 3.54. The standard InChI is InChI=1S/C17H19NOS/c1-2-6-15(7-3-1)19-17-9-5-4-8-16(17)18-12-14-10-11-20-13-14/h1-9,14,18H,10-13H2. The van der Waals surface area contributed by atoms with Crippen LogP contribution in [0.1, 0.15) is 6.42 Å². The molecular formula is C17H19NOS. The molecule has 2 nitrogen and oxygen atoms in total. The number of rotatable bonds is 5. The zero-order valence-electron chi connectivity index (χ0n) is 11.4. The summed E-state index contributed by atoms with van der Waals surface area (Å²) >= 11 is 2.05. The minimum atomic E-state index is 0.782. The molecule has 0 spiro atoms. The van der Waals surface area contributed by atoms with Crippen LogP contribution in [0.25, 0.3) is 0 Å². The molecule has 1 heterocycles. The van der Waals surface area contributed by atoms with Gasteiger partial charge in [0, 0.05) is 6.54 Å². The summed E-state index contributed by atoms with van der Waals surface area (Å²) in [5.41, 5.74) is 1.08. The second-order valence-corrected chi connectivity index (χ2v) is 6.17. The SMILES string of the molecule is c1ccc(Oc2ccccc2NCC2CCSC2)cc1. The molecule has 3 rings (SSSR count). The topological polar surface area (TPSA) is 21.3 Å². The molecule has 2 aromatic rings. The third-order valence-electron chi connectivity index (χ3n) is 3.46. The zero-order chi connectivity index (χ0) is 13.6. The highest BCUT2D eigenvalue weighted by atomic mass is 32.2. The monoisotopic (exact) mass is 285 g/mol. The van der Waals surface area contributed by atoms with Gasteiger partial charge in [-0.2, -0.15) is 11.8 Å². The molecule has 0 saturated carbocycles. The van der Waals surface area contributed by atoms with Crippen molar-refractivity contribution in [1.29, 1.82) is 0 Å². The van der Waals surface area contributed by atoms with Gasteiger partial charge in [-0.05, 0) is 48.1 Å². The van der Waals surface area contributed by atoms with Gasteiger partial charge in [0.15, 0.2) is 5.75 Å². The van der Waals surface area contributed by atoms with Crippen LogP contribution in [0, 0.1) is 5.92 Å². The lowest BCUT2D eigenvalue weighted by molar-refractivity contribution is 0.483. The minimum Gasteiger partial charge on any atom is -0.455 e. The number of benzene rings is 2. The van der Waals surface area contributed by atoms with Gasteiger partial charge in [0.2, 0.25) is 0 Å². The molecule has 1 aliphatic heterocycles. The van der Waals surface area contributed by atoms with Crippen molar-refractivity contribution in [2.75, 3.05) is 23.4 Å². The van der Waals surface area contributed by atoms with E-state index < -0.39 is 0 Å². The lowest BCUT2D eigenvalue weighted by Gasteiger charge is -2.15. The Morgan fingerprint density at radius 2 is 1.85 bits per heavy atom. The number of ether oxygens (including phenoxy) is 1. The summed E-state index contributed by atoms with van der Waals surface area (Å²) in [6.45, 7) is 1.03. The number of nitrogens with one attached hydrogen (secondary N) is 1. The van der Waals surface area contributed by atoms with Gasteiger partial charge < -0.3 is 10.1 Å². The summed E-state index contributed by atoms with van der Waals surface area (Å²) in [4.78, 5) is 0. The normalized spacial score (nSPS) is 17.9. The van der Waals surface area contributed by atoms with Crippen LogP contribution in [-0.2, 0) is 0 Å². The van der Waals surface area contributed by atoms with Crippen LogP contribution >= 0.6 is 11.8 Å². The van der Waals surface area contributed by atoms with Crippen molar-refractivity contribution in [2.45, 2.75) is 6.42 Å². The molecule has 0 amide bonds. The molecule has 1 unspecified atom stereocenters. The first-order chi connectivity index (χ1) is 9.92. The third-order valence-corrected chi connectivity index (χ3v) is 4.69. The Bertz CT molecular complexity index is 538. The van der Waals surface area contributed by atoms with Crippen LogP contribution < -0.4 is 10.1 Å². The van der Waals surface area contributed by atoms with Gasteiger partial charge in [0.05, 0.1) is 5.69 Å². The molecule has 3 heteroatoms. The van der Waals surface area contributed by atoms with Gasteiger partial charge in [-0.15, -0.1) is 0 Å². The van der Waals surface area contributed by atoms with Crippen LogP contribution in [0.5, 0.6) is 11.5 Å². The predicted octanol–water partition coefficient (Wildman–Crippen LogP) is 4.64. The van der Waals surface area contributed by atoms with Crippen molar-refractivity contribution in [1.82, 2.24) is 0 Å². The first kappa shape index (κ1) is 13.4. The van der Waals surface area contributed by atoms with E-state index in [4.69, 9.17) is 4.74 Å². The van der Waals surface area contributed by atoms with Crippen molar-refractivity contribution in [3.05, 3.63) is 54.6 Å². The average Bonchev–Trinajstić information content (AvgIpc) is 3.01. The number of thioether (sulfide) groups is 1. The highest BCUT2D eigenvalue weighted by Crippen LogP contribution is 2.30. The van der Waals surface area contributed by atoms with Crippen molar-refractivity contribution in [2.24, 2.45) is 5.92 Å². The van der Waals surface area contributed by atoms with Crippen LogP contribution in [0.2, 0.25) is 0 Å². The summed E-state index contributed by atoms with van der Waals surface area (Å²) in [6.07, 6.45) is 1.32. The second-order valence-electron chi connectivity index (χ2n) is 5.02. The van der Waals surface area contributed by atoms with Crippen LogP contribution in [-0.4, -0.2) is 18.1 Å². The van der Waals surface area contributed by atoms with Gasteiger partial charge in [0.1, 0.15) is 5.75 Å². The molecule has 1 fully saturated rings. The Labute approximate surface area is 124 Å². The van der Waals surface area contributed by atoms with E-state index in [9.17, 15) is 0 Å². The molecule has 1 atom stereocenters. The van der Waals surface area contributed by atoms with E-state index in [-0.39, 0.29) is 0 Å². The highest BCUT2D eigenvalue weighted by Gasteiger charge is 2.15. The van der Waals surface area contributed by atoms with E-state index in [0.717, 1.165) is 29.6 Å². The lowest BCUT2D eigenvalue weighted by Crippen LogP contribution is -2.13. The molecule has 1 aliphatic rings. The van der Waals surface area contributed by atoms with E-state index in [0.29, 0.717) is 0 Å². The molecule has 1 saturated heterocycles. The first-order valence-corrected chi connectivity index (χ1v) is 8.21. The fraction of sp³-hybridized carbons (Fsp3) is 0.294. The number of para-hydroxylation sites is 3. The zero-order valence-corrected chi connectivity index (χ0v) is 12.2. The van der Waals surface area contributed by atoms with Gasteiger partial charge in [-0.25, -0.2) is 0 Å². The maximum Gasteiger partial charge on any atom is 0.150 e. The van der Waals surface area contributed by atoms with Crippen molar-refractivity contribution >= 4 is 17.4 Å². The maximum absolute atomic E-state index is 5.96. The van der Waals surface area contributed by atoms with Gasteiger partial charge >= 0.3 is 0 Å². The average molecular weight is 285 g/mol. The Balaban J connectivity index is 1.67. The lowest BCUT2D eigenvalue weighted by atomic mass is 10.1. The van der Waals surface area contributed by atoms with Crippen molar-refractivity contribution < 1.29 is 4.74 Å². The van der Waals surface area contributed by atoms with E-state index in [1.165, 1.54) is 17.9 Å². The highest BCUT2D eigenvalue weighted by molar-refractivity contribution is 7.99. The fourth-order valence-electron chi connectivity index (χ4n) is 2.32.